The van der Waals surface area contributed by atoms with Gasteiger partial charge in [0.15, 0.2) is 6.04 Å². The van der Waals surface area contributed by atoms with Crippen molar-refractivity contribution in [2.45, 2.75) is 38.7 Å². The summed E-state index contributed by atoms with van der Waals surface area (Å²) in [6, 6.07) is 18.1. The molecule has 0 radical (unpaired) electrons. The highest BCUT2D eigenvalue weighted by molar-refractivity contribution is 5.81. The molecule has 2 aromatic rings. The lowest BCUT2D eigenvalue weighted by atomic mass is 10.1. The van der Waals surface area contributed by atoms with Crippen LogP contribution in [0.25, 0.3) is 0 Å². The molecule has 7 heteroatoms. The third-order valence-corrected chi connectivity index (χ3v) is 4.20. The first-order valence-electron chi connectivity index (χ1n) is 9.70. The summed E-state index contributed by atoms with van der Waals surface area (Å²) in [7, 11) is 1.25. The molecule has 0 spiro atoms. The van der Waals surface area contributed by atoms with Gasteiger partial charge in [-0.2, -0.15) is 0 Å². The molecule has 0 aliphatic heterocycles. The minimum atomic E-state index is -0.983. The van der Waals surface area contributed by atoms with E-state index in [1.807, 2.05) is 74.5 Å². The van der Waals surface area contributed by atoms with Crippen molar-refractivity contribution in [3.05, 3.63) is 71.8 Å². The van der Waals surface area contributed by atoms with Crippen LogP contribution in [0.3, 0.4) is 0 Å². The van der Waals surface area contributed by atoms with E-state index in [9.17, 15) is 9.59 Å². The van der Waals surface area contributed by atoms with E-state index in [1.165, 1.54) is 7.11 Å². The van der Waals surface area contributed by atoms with Crippen molar-refractivity contribution in [2.24, 2.45) is 0 Å². The van der Waals surface area contributed by atoms with E-state index < -0.39 is 23.7 Å². The fraction of sp³-hybridized carbons (Fsp3) is 0.391. The predicted molar refractivity (Wildman–Crippen MR) is 112 cm³/mol. The van der Waals surface area contributed by atoms with Crippen LogP contribution in [0.15, 0.2) is 60.7 Å². The van der Waals surface area contributed by atoms with E-state index in [-0.39, 0.29) is 19.8 Å². The molecule has 1 atom stereocenters. The Morgan fingerprint density at radius 1 is 0.933 bits per heavy atom. The Morgan fingerprint density at radius 2 is 1.50 bits per heavy atom. The van der Waals surface area contributed by atoms with Crippen LogP contribution in [-0.4, -0.2) is 44.0 Å². The molecule has 0 aliphatic carbocycles. The second-order valence-corrected chi connectivity index (χ2v) is 7.33. The summed E-state index contributed by atoms with van der Waals surface area (Å²) in [5.41, 5.74) is 1.32. The van der Waals surface area contributed by atoms with Crippen molar-refractivity contribution < 1.29 is 28.5 Å². The lowest BCUT2D eigenvalue weighted by molar-refractivity contribution is -0.146. The van der Waals surface area contributed by atoms with E-state index in [2.05, 4.69) is 5.32 Å². The average Bonchev–Trinajstić information content (AvgIpc) is 2.76. The Labute approximate surface area is 177 Å². The Balaban J connectivity index is 1.77. The molecular formula is C23H29NO6. The molecule has 0 bridgehead atoms. The molecule has 1 unspecified atom stereocenters. The molecule has 0 saturated heterocycles. The van der Waals surface area contributed by atoms with Gasteiger partial charge in [-0.3, -0.25) is 0 Å². The van der Waals surface area contributed by atoms with Crippen molar-refractivity contribution in [3.8, 4) is 0 Å². The number of methoxy groups -OCH3 is 1. The number of hydrogen-bond donors (Lipinski definition) is 1. The van der Waals surface area contributed by atoms with Crippen molar-refractivity contribution in [1.82, 2.24) is 5.32 Å². The summed E-state index contributed by atoms with van der Waals surface area (Å²) in [4.78, 5) is 24.0. The van der Waals surface area contributed by atoms with Crippen LogP contribution in [0.5, 0.6) is 0 Å². The maximum absolute atomic E-state index is 12.0. The van der Waals surface area contributed by atoms with Crippen molar-refractivity contribution >= 4 is 12.1 Å². The van der Waals surface area contributed by atoms with Gasteiger partial charge in [0.25, 0.3) is 0 Å². The minimum absolute atomic E-state index is 0.0642. The number of hydrogen-bond acceptors (Lipinski definition) is 6. The normalized spacial score (nSPS) is 12.1. The van der Waals surface area contributed by atoms with Gasteiger partial charge in [0.2, 0.25) is 0 Å². The molecule has 1 amide bonds. The second-order valence-electron chi connectivity index (χ2n) is 7.33. The van der Waals surface area contributed by atoms with Crippen LogP contribution in [0.2, 0.25) is 0 Å². The first kappa shape index (κ1) is 23.4. The zero-order chi connectivity index (χ0) is 21.8. The fourth-order valence-corrected chi connectivity index (χ4v) is 2.54. The first-order valence-corrected chi connectivity index (χ1v) is 9.70. The number of amides is 1. The zero-order valence-electron chi connectivity index (χ0n) is 17.6. The Hall–Kier alpha value is -2.90. The van der Waals surface area contributed by atoms with E-state index in [0.717, 1.165) is 11.1 Å². The van der Waals surface area contributed by atoms with Crippen molar-refractivity contribution in [1.29, 1.82) is 0 Å². The Kier molecular flexibility index (Phi) is 9.31. The van der Waals surface area contributed by atoms with Crippen LogP contribution in [0.4, 0.5) is 4.79 Å². The second kappa shape index (κ2) is 11.9. The molecule has 162 valence electrons. The fourth-order valence-electron chi connectivity index (χ4n) is 2.54. The van der Waals surface area contributed by atoms with Crippen molar-refractivity contribution in [3.63, 3.8) is 0 Å². The van der Waals surface area contributed by atoms with Gasteiger partial charge < -0.3 is 24.3 Å². The van der Waals surface area contributed by atoms with Crippen LogP contribution in [-0.2, 0) is 37.0 Å². The lowest BCUT2D eigenvalue weighted by Crippen LogP contribution is -2.45. The summed E-state index contributed by atoms with van der Waals surface area (Å²) < 4.78 is 21.4. The van der Waals surface area contributed by atoms with Gasteiger partial charge in [-0.15, -0.1) is 0 Å². The number of nitrogens with one attached hydrogen (secondary N) is 1. The maximum atomic E-state index is 12.0. The third kappa shape index (κ3) is 8.63. The van der Waals surface area contributed by atoms with E-state index >= 15 is 0 Å². The van der Waals surface area contributed by atoms with Gasteiger partial charge in [-0.25, -0.2) is 9.59 Å². The summed E-state index contributed by atoms with van der Waals surface area (Å²) in [6.07, 6.45) is -0.725. The van der Waals surface area contributed by atoms with Crippen LogP contribution in [0.1, 0.15) is 25.0 Å². The number of carbonyl (C=O) groups is 2. The smallest absolute Gasteiger partial charge is 0.408 e. The number of benzene rings is 2. The third-order valence-electron chi connectivity index (χ3n) is 4.20. The molecule has 0 saturated carbocycles. The number of alkyl carbamates (subject to hydrolysis) is 1. The molecule has 2 aromatic carbocycles. The highest BCUT2D eigenvalue weighted by atomic mass is 16.6. The lowest BCUT2D eigenvalue weighted by Gasteiger charge is -2.26. The molecule has 0 aliphatic rings. The molecule has 2 rings (SSSR count). The van der Waals surface area contributed by atoms with Gasteiger partial charge in [0, 0.05) is 0 Å². The molecule has 0 aromatic heterocycles. The van der Waals surface area contributed by atoms with E-state index in [0.29, 0.717) is 6.61 Å². The SMILES string of the molecule is COC(=O)C(COCC(C)(C)OCc1ccccc1)NC(=O)OCc1ccccc1. The van der Waals surface area contributed by atoms with Gasteiger partial charge in [-0.1, -0.05) is 60.7 Å². The molecule has 7 nitrogen and oxygen atoms in total. The van der Waals surface area contributed by atoms with Crippen LogP contribution >= 0.6 is 0 Å². The van der Waals surface area contributed by atoms with Crippen LogP contribution < -0.4 is 5.32 Å². The molecule has 1 N–H and O–H groups in total. The van der Waals surface area contributed by atoms with Gasteiger partial charge >= 0.3 is 12.1 Å². The molecular weight excluding hydrogens is 386 g/mol. The topological polar surface area (TPSA) is 83.1 Å². The zero-order valence-corrected chi connectivity index (χ0v) is 17.6. The molecule has 30 heavy (non-hydrogen) atoms. The summed E-state index contributed by atoms with van der Waals surface area (Å²) >= 11 is 0. The summed E-state index contributed by atoms with van der Waals surface area (Å²) in [5.74, 6) is -0.616. The Bertz CT molecular complexity index is 779. The van der Waals surface area contributed by atoms with E-state index in [1.54, 1.807) is 0 Å². The Morgan fingerprint density at radius 3 is 2.07 bits per heavy atom. The number of carbonyl (C=O) groups excluding carboxylic acids is 2. The molecule has 0 fully saturated rings. The minimum Gasteiger partial charge on any atom is -0.467 e. The molecule has 0 heterocycles. The highest BCUT2D eigenvalue weighted by Crippen LogP contribution is 2.14. The van der Waals surface area contributed by atoms with Gasteiger partial charge in [0.1, 0.15) is 6.61 Å². The summed E-state index contributed by atoms with van der Waals surface area (Å²) in [6.45, 7) is 4.50. The largest absolute Gasteiger partial charge is 0.467 e. The maximum Gasteiger partial charge on any atom is 0.408 e. The predicted octanol–water partition coefficient (Wildman–Crippen LogP) is 3.47. The first-order chi connectivity index (χ1) is 14.4. The number of esters is 1. The van der Waals surface area contributed by atoms with Gasteiger partial charge in [-0.05, 0) is 25.0 Å². The van der Waals surface area contributed by atoms with Crippen molar-refractivity contribution in [2.75, 3.05) is 20.3 Å². The van der Waals surface area contributed by atoms with Gasteiger partial charge in [0.05, 0.1) is 32.5 Å². The highest BCUT2D eigenvalue weighted by Gasteiger charge is 2.25. The number of rotatable bonds is 11. The number of ether oxygens (including phenoxy) is 4. The monoisotopic (exact) mass is 415 g/mol. The standard InChI is InChI=1S/C23H29NO6/c1-23(2,30-15-19-12-8-5-9-13-19)17-28-16-20(21(25)27-3)24-22(26)29-14-18-10-6-4-7-11-18/h4-13,20H,14-17H2,1-3H3,(H,24,26). The van der Waals surface area contributed by atoms with E-state index in [4.69, 9.17) is 18.9 Å². The summed E-state index contributed by atoms with van der Waals surface area (Å²) in [5, 5.41) is 2.48. The van der Waals surface area contributed by atoms with Crippen LogP contribution in [0, 0.1) is 0 Å². The average molecular weight is 415 g/mol. The quantitative estimate of drug-likeness (QED) is 0.566.